The molecule has 2 aromatic rings. The first-order valence-corrected chi connectivity index (χ1v) is 9.05. The predicted molar refractivity (Wildman–Crippen MR) is 101 cm³/mol. The summed E-state index contributed by atoms with van der Waals surface area (Å²) in [6.45, 7) is 9.39. The van der Waals surface area contributed by atoms with Crippen LogP contribution in [0.5, 0.6) is 0 Å². The van der Waals surface area contributed by atoms with Gasteiger partial charge in [0.1, 0.15) is 0 Å². The second-order valence-electron chi connectivity index (χ2n) is 7.68. The van der Waals surface area contributed by atoms with Crippen molar-refractivity contribution in [2.75, 3.05) is 13.1 Å². The number of carbonyl (C=O) groups excluding carboxylic acids is 1. The Morgan fingerprint density at radius 1 is 1.22 bits per heavy atom. The van der Waals surface area contributed by atoms with Crippen LogP contribution in [0.3, 0.4) is 0 Å². The van der Waals surface area contributed by atoms with Crippen molar-refractivity contribution in [1.82, 2.24) is 15.0 Å². The maximum absolute atomic E-state index is 12.5. The van der Waals surface area contributed by atoms with Gasteiger partial charge in [0.05, 0.1) is 4.92 Å². The van der Waals surface area contributed by atoms with Gasteiger partial charge in [-0.1, -0.05) is 32.9 Å². The molecule has 8 heteroatoms. The van der Waals surface area contributed by atoms with E-state index in [0.717, 1.165) is 6.42 Å². The van der Waals surface area contributed by atoms with Crippen LogP contribution in [0.15, 0.2) is 28.8 Å². The van der Waals surface area contributed by atoms with Gasteiger partial charge in [-0.2, -0.15) is 4.98 Å². The summed E-state index contributed by atoms with van der Waals surface area (Å²) in [6, 6.07) is 5.98. The van der Waals surface area contributed by atoms with Gasteiger partial charge in [-0.05, 0) is 24.0 Å². The number of aromatic nitrogens is 2. The fourth-order valence-corrected chi connectivity index (χ4v) is 2.63. The topological polar surface area (TPSA) is 102 Å². The van der Waals surface area contributed by atoms with E-state index >= 15 is 0 Å². The first-order valence-electron chi connectivity index (χ1n) is 9.05. The molecule has 0 aliphatic rings. The summed E-state index contributed by atoms with van der Waals surface area (Å²) < 4.78 is 5.27. The SMILES string of the molecule is CCCN(CCc1nc(-c2ccc([N+](=O)[O-])cc2)no1)C(=O)CC(C)(C)C. The third-order valence-electron chi connectivity index (χ3n) is 3.93. The lowest BCUT2D eigenvalue weighted by Crippen LogP contribution is -2.35. The Hall–Kier alpha value is -2.77. The van der Waals surface area contributed by atoms with Crippen LogP contribution in [0.25, 0.3) is 11.4 Å². The minimum atomic E-state index is -0.456. The van der Waals surface area contributed by atoms with Crippen molar-refractivity contribution in [3.63, 3.8) is 0 Å². The molecule has 0 radical (unpaired) electrons. The molecular formula is C19H26N4O4. The highest BCUT2D eigenvalue weighted by Gasteiger charge is 2.21. The molecule has 0 aliphatic carbocycles. The van der Waals surface area contributed by atoms with Crippen molar-refractivity contribution in [2.24, 2.45) is 5.41 Å². The van der Waals surface area contributed by atoms with Gasteiger partial charge in [0.15, 0.2) is 0 Å². The average molecular weight is 374 g/mol. The van der Waals surface area contributed by atoms with Crippen LogP contribution in [-0.4, -0.2) is 39.0 Å². The van der Waals surface area contributed by atoms with Crippen molar-refractivity contribution in [2.45, 2.75) is 47.0 Å². The third kappa shape index (κ3) is 6.16. The number of nitrogens with zero attached hydrogens (tertiary/aromatic N) is 4. The molecule has 0 spiro atoms. The first kappa shape index (κ1) is 20.5. The maximum atomic E-state index is 12.5. The summed E-state index contributed by atoms with van der Waals surface area (Å²) in [5.41, 5.74) is 0.594. The third-order valence-corrected chi connectivity index (χ3v) is 3.93. The molecule has 0 saturated heterocycles. The molecule has 0 aliphatic heterocycles. The first-order chi connectivity index (χ1) is 12.7. The molecule has 0 atom stereocenters. The molecule has 0 bridgehead atoms. The van der Waals surface area contributed by atoms with E-state index in [-0.39, 0.29) is 17.0 Å². The number of nitro groups is 1. The zero-order valence-electron chi connectivity index (χ0n) is 16.3. The predicted octanol–water partition coefficient (Wildman–Crippen LogP) is 3.86. The Balaban J connectivity index is 2.01. The van der Waals surface area contributed by atoms with Crippen molar-refractivity contribution in [1.29, 1.82) is 0 Å². The van der Waals surface area contributed by atoms with Crippen molar-refractivity contribution >= 4 is 11.6 Å². The van der Waals surface area contributed by atoms with Crippen molar-refractivity contribution in [3.05, 3.63) is 40.3 Å². The standard InChI is InChI=1S/C19H26N4O4/c1-5-11-22(17(24)13-19(2,3)4)12-10-16-20-18(21-27-16)14-6-8-15(9-7-14)23(25)26/h6-9H,5,10-13H2,1-4H3. The molecule has 2 rings (SSSR count). The molecule has 27 heavy (non-hydrogen) atoms. The number of non-ortho nitro benzene ring substituents is 1. The summed E-state index contributed by atoms with van der Waals surface area (Å²) >= 11 is 0. The monoisotopic (exact) mass is 374 g/mol. The fraction of sp³-hybridized carbons (Fsp3) is 0.526. The van der Waals surface area contributed by atoms with Gasteiger partial charge in [-0.25, -0.2) is 0 Å². The number of carbonyl (C=O) groups is 1. The van der Waals surface area contributed by atoms with Gasteiger partial charge in [0.2, 0.25) is 17.6 Å². The summed E-state index contributed by atoms with van der Waals surface area (Å²) in [5.74, 6) is 0.940. The highest BCUT2D eigenvalue weighted by molar-refractivity contribution is 5.76. The van der Waals surface area contributed by atoms with E-state index in [2.05, 4.69) is 10.1 Å². The number of amides is 1. The Kier molecular flexibility index (Phi) is 6.65. The van der Waals surface area contributed by atoms with Gasteiger partial charge in [-0.3, -0.25) is 14.9 Å². The Morgan fingerprint density at radius 3 is 2.44 bits per heavy atom. The van der Waals surface area contributed by atoms with Crippen LogP contribution in [0, 0.1) is 15.5 Å². The molecule has 0 unspecified atom stereocenters. The van der Waals surface area contributed by atoms with Gasteiger partial charge >= 0.3 is 0 Å². The zero-order valence-corrected chi connectivity index (χ0v) is 16.3. The van der Waals surface area contributed by atoms with E-state index in [9.17, 15) is 14.9 Å². The lowest BCUT2D eigenvalue weighted by molar-refractivity contribution is -0.384. The summed E-state index contributed by atoms with van der Waals surface area (Å²) in [7, 11) is 0. The van der Waals surface area contributed by atoms with E-state index in [4.69, 9.17) is 4.52 Å². The average Bonchev–Trinajstić information content (AvgIpc) is 3.06. The number of hydrogen-bond donors (Lipinski definition) is 0. The Labute approximate surface area is 158 Å². The number of nitro benzene ring substituents is 1. The minimum absolute atomic E-state index is 0.00929. The maximum Gasteiger partial charge on any atom is 0.269 e. The van der Waals surface area contributed by atoms with Gasteiger partial charge in [0.25, 0.3) is 5.69 Å². The molecule has 0 saturated carbocycles. The zero-order chi connectivity index (χ0) is 20.0. The summed E-state index contributed by atoms with van der Waals surface area (Å²) in [4.78, 5) is 28.9. The Bertz CT molecular complexity index is 778. The quantitative estimate of drug-likeness (QED) is 0.513. The van der Waals surface area contributed by atoms with Gasteiger partial charge < -0.3 is 9.42 Å². The second-order valence-corrected chi connectivity index (χ2v) is 7.68. The minimum Gasteiger partial charge on any atom is -0.342 e. The van der Waals surface area contributed by atoms with E-state index in [1.165, 1.54) is 12.1 Å². The lowest BCUT2D eigenvalue weighted by Gasteiger charge is -2.26. The van der Waals surface area contributed by atoms with E-state index in [1.807, 2.05) is 32.6 Å². The highest BCUT2D eigenvalue weighted by atomic mass is 16.6. The van der Waals surface area contributed by atoms with E-state index in [1.54, 1.807) is 12.1 Å². The Morgan fingerprint density at radius 2 is 1.89 bits per heavy atom. The van der Waals surface area contributed by atoms with Crippen LogP contribution in [-0.2, 0) is 11.2 Å². The van der Waals surface area contributed by atoms with Crippen LogP contribution in [0.1, 0.15) is 46.4 Å². The fourth-order valence-electron chi connectivity index (χ4n) is 2.63. The van der Waals surface area contributed by atoms with Gasteiger partial charge in [-0.15, -0.1) is 0 Å². The number of hydrogen-bond acceptors (Lipinski definition) is 6. The molecule has 0 N–H and O–H groups in total. The molecule has 1 aromatic heterocycles. The lowest BCUT2D eigenvalue weighted by atomic mass is 9.91. The van der Waals surface area contributed by atoms with Crippen LogP contribution < -0.4 is 0 Å². The van der Waals surface area contributed by atoms with Crippen LogP contribution >= 0.6 is 0 Å². The molecule has 8 nitrogen and oxygen atoms in total. The van der Waals surface area contributed by atoms with Crippen molar-refractivity contribution < 1.29 is 14.2 Å². The second kappa shape index (κ2) is 8.75. The molecular weight excluding hydrogens is 348 g/mol. The van der Waals surface area contributed by atoms with E-state index in [0.29, 0.717) is 43.2 Å². The van der Waals surface area contributed by atoms with Gasteiger partial charge in [0, 0.05) is 43.6 Å². The summed E-state index contributed by atoms with van der Waals surface area (Å²) in [5, 5.41) is 14.7. The van der Waals surface area contributed by atoms with Crippen LogP contribution in [0.2, 0.25) is 0 Å². The smallest absolute Gasteiger partial charge is 0.269 e. The molecule has 1 aromatic carbocycles. The highest BCUT2D eigenvalue weighted by Crippen LogP contribution is 2.21. The normalized spacial score (nSPS) is 11.4. The molecule has 1 heterocycles. The molecule has 1 amide bonds. The number of rotatable bonds is 8. The summed E-state index contributed by atoms with van der Waals surface area (Å²) in [6.07, 6.45) is 1.84. The van der Waals surface area contributed by atoms with Crippen molar-refractivity contribution in [3.8, 4) is 11.4 Å². The number of benzene rings is 1. The van der Waals surface area contributed by atoms with E-state index < -0.39 is 4.92 Å². The largest absolute Gasteiger partial charge is 0.342 e. The molecule has 0 fully saturated rings. The van der Waals surface area contributed by atoms with Crippen LogP contribution in [0.4, 0.5) is 5.69 Å². The molecule has 146 valence electrons.